The summed E-state index contributed by atoms with van der Waals surface area (Å²) in [5, 5.41) is 13.6. The van der Waals surface area contributed by atoms with Crippen molar-refractivity contribution in [2.75, 3.05) is 26.2 Å². The normalized spacial score (nSPS) is 15.2. The van der Waals surface area contributed by atoms with Crippen LogP contribution in [0, 0.1) is 0 Å². The zero-order chi connectivity index (χ0) is 18.5. The third-order valence-corrected chi connectivity index (χ3v) is 4.73. The molecule has 1 aromatic carbocycles. The fourth-order valence-electron chi connectivity index (χ4n) is 2.97. The molecule has 26 heavy (non-hydrogen) atoms. The van der Waals surface area contributed by atoms with Gasteiger partial charge in [-0.05, 0) is 17.7 Å². The lowest BCUT2D eigenvalue weighted by atomic mass is 10.2. The van der Waals surface area contributed by atoms with E-state index >= 15 is 0 Å². The minimum absolute atomic E-state index is 0.0727. The van der Waals surface area contributed by atoms with Crippen molar-refractivity contribution in [2.24, 2.45) is 0 Å². The minimum atomic E-state index is -1.01. The van der Waals surface area contributed by atoms with Crippen LogP contribution >= 0.6 is 11.6 Å². The van der Waals surface area contributed by atoms with Crippen LogP contribution in [0.1, 0.15) is 22.3 Å². The van der Waals surface area contributed by atoms with E-state index in [1.807, 2.05) is 29.2 Å². The second kappa shape index (κ2) is 8.33. The summed E-state index contributed by atoms with van der Waals surface area (Å²) in [6, 6.07) is 7.83. The van der Waals surface area contributed by atoms with Gasteiger partial charge in [0, 0.05) is 56.9 Å². The molecule has 2 heterocycles. The first-order valence-corrected chi connectivity index (χ1v) is 8.89. The molecule has 1 aromatic heterocycles. The van der Waals surface area contributed by atoms with Gasteiger partial charge in [-0.3, -0.25) is 14.4 Å². The topological polar surface area (TPSA) is 78.7 Å². The highest BCUT2D eigenvalue weighted by Gasteiger charge is 2.21. The van der Waals surface area contributed by atoms with Gasteiger partial charge in [-0.2, -0.15) is 5.10 Å². The number of aromatic carboxylic acids is 1. The lowest BCUT2D eigenvalue weighted by molar-refractivity contribution is -0.133. The van der Waals surface area contributed by atoms with E-state index in [2.05, 4.69) is 10.00 Å². The van der Waals surface area contributed by atoms with E-state index in [1.165, 1.54) is 22.6 Å². The molecular formula is C18H21ClN4O3. The van der Waals surface area contributed by atoms with E-state index in [4.69, 9.17) is 16.7 Å². The third kappa shape index (κ3) is 4.83. The first-order valence-electron chi connectivity index (χ1n) is 8.51. The molecule has 0 saturated carbocycles. The standard InChI is InChI=1S/C18H21ClN4O3/c19-16-3-1-14(2-4-16)12-21-7-9-22(10-8-21)17(24)5-6-23-13-15(11-20-23)18(25)26/h1-4,11,13H,5-10,12H2,(H,25,26). The van der Waals surface area contributed by atoms with Crippen LogP contribution in [0.3, 0.4) is 0 Å². The summed E-state index contributed by atoms with van der Waals surface area (Å²) in [5.41, 5.74) is 1.34. The van der Waals surface area contributed by atoms with E-state index in [-0.39, 0.29) is 11.5 Å². The number of piperazine rings is 1. The second-order valence-corrected chi connectivity index (χ2v) is 6.77. The van der Waals surface area contributed by atoms with Gasteiger partial charge in [0.1, 0.15) is 0 Å². The Hall–Kier alpha value is -2.38. The fraction of sp³-hybridized carbons (Fsp3) is 0.389. The predicted molar refractivity (Wildman–Crippen MR) is 97.1 cm³/mol. The van der Waals surface area contributed by atoms with Crippen LogP contribution in [0.4, 0.5) is 0 Å². The molecule has 2 aromatic rings. The number of hydrogen-bond acceptors (Lipinski definition) is 4. The molecule has 0 atom stereocenters. The van der Waals surface area contributed by atoms with Gasteiger partial charge in [-0.25, -0.2) is 4.79 Å². The number of aromatic nitrogens is 2. The number of benzene rings is 1. The van der Waals surface area contributed by atoms with Crippen molar-refractivity contribution in [2.45, 2.75) is 19.5 Å². The molecule has 1 saturated heterocycles. The summed E-state index contributed by atoms with van der Waals surface area (Å²) in [5.74, 6) is -0.942. The van der Waals surface area contributed by atoms with Crippen molar-refractivity contribution in [3.63, 3.8) is 0 Å². The molecule has 1 aliphatic heterocycles. The SMILES string of the molecule is O=C(O)c1cnn(CCC(=O)N2CCN(Cc3ccc(Cl)cc3)CC2)c1. The Labute approximate surface area is 156 Å². The number of halogens is 1. The van der Waals surface area contributed by atoms with Crippen molar-refractivity contribution < 1.29 is 14.7 Å². The van der Waals surface area contributed by atoms with Crippen molar-refractivity contribution in [3.8, 4) is 0 Å². The Morgan fingerprint density at radius 3 is 2.42 bits per heavy atom. The zero-order valence-corrected chi connectivity index (χ0v) is 15.1. The van der Waals surface area contributed by atoms with Crippen LogP contribution in [0.5, 0.6) is 0 Å². The van der Waals surface area contributed by atoms with Gasteiger partial charge < -0.3 is 10.0 Å². The van der Waals surface area contributed by atoms with Crippen molar-refractivity contribution in [1.29, 1.82) is 0 Å². The molecule has 0 radical (unpaired) electrons. The molecule has 138 valence electrons. The van der Waals surface area contributed by atoms with Crippen LogP contribution < -0.4 is 0 Å². The van der Waals surface area contributed by atoms with E-state index in [1.54, 1.807) is 0 Å². The van der Waals surface area contributed by atoms with Gasteiger partial charge in [-0.1, -0.05) is 23.7 Å². The molecule has 1 amide bonds. The van der Waals surface area contributed by atoms with E-state index < -0.39 is 5.97 Å². The molecule has 8 heteroatoms. The molecule has 1 aliphatic rings. The molecule has 0 aliphatic carbocycles. The molecule has 7 nitrogen and oxygen atoms in total. The smallest absolute Gasteiger partial charge is 0.338 e. The number of carbonyl (C=O) groups is 2. The number of nitrogens with zero attached hydrogens (tertiary/aromatic N) is 4. The summed E-state index contributed by atoms with van der Waals surface area (Å²) in [7, 11) is 0. The van der Waals surface area contributed by atoms with E-state index in [0.29, 0.717) is 26.1 Å². The maximum Gasteiger partial charge on any atom is 0.338 e. The molecular weight excluding hydrogens is 356 g/mol. The molecule has 0 spiro atoms. The quantitative estimate of drug-likeness (QED) is 0.833. The Balaban J connectivity index is 1.42. The van der Waals surface area contributed by atoms with Gasteiger partial charge in [-0.15, -0.1) is 0 Å². The number of carboxylic acid groups (broad SMARTS) is 1. The maximum absolute atomic E-state index is 12.3. The van der Waals surface area contributed by atoms with Crippen LogP contribution in [0.15, 0.2) is 36.7 Å². The number of carboxylic acids is 1. The zero-order valence-electron chi connectivity index (χ0n) is 14.3. The highest BCUT2D eigenvalue weighted by Crippen LogP contribution is 2.13. The van der Waals surface area contributed by atoms with E-state index in [0.717, 1.165) is 24.7 Å². The Morgan fingerprint density at radius 1 is 1.12 bits per heavy atom. The van der Waals surface area contributed by atoms with Crippen molar-refractivity contribution >= 4 is 23.5 Å². The molecule has 0 bridgehead atoms. The Kier molecular flexibility index (Phi) is 5.90. The van der Waals surface area contributed by atoms with Gasteiger partial charge in [0.2, 0.25) is 5.91 Å². The third-order valence-electron chi connectivity index (χ3n) is 4.48. The monoisotopic (exact) mass is 376 g/mol. The summed E-state index contributed by atoms with van der Waals surface area (Å²) in [6.07, 6.45) is 3.06. The second-order valence-electron chi connectivity index (χ2n) is 6.33. The van der Waals surface area contributed by atoms with Crippen LogP contribution in [-0.2, 0) is 17.9 Å². The van der Waals surface area contributed by atoms with Gasteiger partial charge in [0.25, 0.3) is 0 Å². The predicted octanol–water partition coefficient (Wildman–Crippen LogP) is 1.97. The number of aryl methyl sites for hydroxylation is 1. The van der Waals surface area contributed by atoms with E-state index in [9.17, 15) is 9.59 Å². The van der Waals surface area contributed by atoms with Crippen LogP contribution in [-0.4, -0.2) is 62.7 Å². The average molecular weight is 377 g/mol. The van der Waals surface area contributed by atoms with Crippen molar-refractivity contribution in [3.05, 3.63) is 52.8 Å². The number of amides is 1. The lowest BCUT2D eigenvalue weighted by Crippen LogP contribution is -2.48. The lowest BCUT2D eigenvalue weighted by Gasteiger charge is -2.34. The first-order chi connectivity index (χ1) is 12.5. The van der Waals surface area contributed by atoms with Crippen LogP contribution in [0.25, 0.3) is 0 Å². The number of rotatable bonds is 6. The Morgan fingerprint density at radius 2 is 1.81 bits per heavy atom. The highest BCUT2D eigenvalue weighted by atomic mass is 35.5. The van der Waals surface area contributed by atoms with Gasteiger partial charge in [0.05, 0.1) is 11.8 Å². The minimum Gasteiger partial charge on any atom is -0.478 e. The largest absolute Gasteiger partial charge is 0.478 e. The maximum atomic E-state index is 12.3. The average Bonchev–Trinajstić information content (AvgIpc) is 3.12. The summed E-state index contributed by atoms with van der Waals surface area (Å²) >= 11 is 5.91. The molecule has 1 N–H and O–H groups in total. The first kappa shape index (κ1) is 18.4. The number of carbonyl (C=O) groups excluding carboxylic acids is 1. The summed E-state index contributed by atoms with van der Waals surface area (Å²) < 4.78 is 1.50. The summed E-state index contributed by atoms with van der Waals surface area (Å²) in [4.78, 5) is 27.4. The highest BCUT2D eigenvalue weighted by molar-refractivity contribution is 6.30. The van der Waals surface area contributed by atoms with Gasteiger partial charge in [0.15, 0.2) is 0 Å². The van der Waals surface area contributed by atoms with Crippen LogP contribution in [0.2, 0.25) is 5.02 Å². The molecule has 3 rings (SSSR count). The molecule has 0 unspecified atom stereocenters. The summed E-state index contributed by atoms with van der Waals surface area (Å²) in [6.45, 7) is 4.30. The van der Waals surface area contributed by atoms with Crippen molar-refractivity contribution in [1.82, 2.24) is 19.6 Å². The van der Waals surface area contributed by atoms with Gasteiger partial charge >= 0.3 is 5.97 Å². The molecule has 1 fully saturated rings. The fourth-order valence-corrected chi connectivity index (χ4v) is 3.09. The number of hydrogen-bond donors (Lipinski definition) is 1. The Bertz CT molecular complexity index is 767.